The molecule has 0 atom stereocenters. The van der Waals surface area contributed by atoms with E-state index in [-0.39, 0.29) is 5.91 Å². The van der Waals surface area contributed by atoms with Crippen LogP contribution in [0.25, 0.3) is 10.1 Å². The quantitative estimate of drug-likeness (QED) is 0.931. The van der Waals surface area contributed by atoms with Crippen molar-refractivity contribution in [3.63, 3.8) is 0 Å². The molecule has 1 aromatic heterocycles. The van der Waals surface area contributed by atoms with Crippen LogP contribution in [-0.4, -0.2) is 49.9 Å². The minimum absolute atomic E-state index is 0.000509. The van der Waals surface area contributed by atoms with Gasteiger partial charge in [0.25, 0.3) is 5.91 Å². The van der Waals surface area contributed by atoms with Crippen molar-refractivity contribution in [3.8, 4) is 0 Å². The molecule has 1 aromatic carbocycles. The number of amides is 1. The number of rotatable bonds is 4. The highest BCUT2D eigenvalue weighted by Crippen LogP contribution is 2.33. The van der Waals surface area contributed by atoms with Crippen LogP contribution in [0.4, 0.5) is 5.69 Å². The second-order valence-corrected chi connectivity index (χ2v) is 5.92. The molecule has 2 rings (SSSR count). The van der Waals surface area contributed by atoms with E-state index in [0.717, 1.165) is 16.6 Å². The zero-order chi connectivity index (χ0) is 14.0. The molecule has 19 heavy (non-hydrogen) atoms. The highest BCUT2D eigenvalue weighted by atomic mass is 32.1. The standard InChI is InChI=1S/C14H19N3OS/c1-16(2)8-9-17(3)14(18)13-12(15)10-6-4-5-7-11(10)19-13/h4-7H,8-9,15H2,1-3H3. The van der Waals surface area contributed by atoms with Crippen molar-refractivity contribution in [2.45, 2.75) is 0 Å². The molecule has 0 aliphatic rings. The fraction of sp³-hybridized carbons (Fsp3) is 0.357. The number of thiophene rings is 1. The maximum absolute atomic E-state index is 12.4. The number of nitrogen functional groups attached to an aromatic ring is 1. The third kappa shape index (κ3) is 2.88. The molecule has 2 N–H and O–H groups in total. The van der Waals surface area contributed by atoms with Crippen LogP contribution in [0.3, 0.4) is 0 Å². The van der Waals surface area contributed by atoms with Crippen LogP contribution < -0.4 is 5.73 Å². The van der Waals surface area contributed by atoms with Gasteiger partial charge in [-0.15, -0.1) is 11.3 Å². The SMILES string of the molecule is CN(C)CCN(C)C(=O)c1sc2ccccc2c1N. The molecule has 0 radical (unpaired) electrons. The van der Waals surface area contributed by atoms with Gasteiger partial charge in [0.1, 0.15) is 4.88 Å². The van der Waals surface area contributed by atoms with Crippen molar-refractivity contribution in [2.75, 3.05) is 40.0 Å². The van der Waals surface area contributed by atoms with E-state index in [9.17, 15) is 4.79 Å². The zero-order valence-electron chi connectivity index (χ0n) is 11.5. The lowest BCUT2D eigenvalue weighted by molar-refractivity contribution is 0.0792. The summed E-state index contributed by atoms with van der Waals surface area (Å²) >= 11 is 1.46. The largest absolute Gasteiger partial charge is 0.397 e. The van der Waals surface area contributed by atoms with E-state index in [0.29, 0.717) is 17.1 Å². The van der Waals surface area contributed by atoms with Gasteiger partial charge >= 0.3 is 0 Å². The number of likely N-dealkylation sites (N-methyl/N-ethyl adjacent to an activating group) is 2. The third-order valence-electron chi connectivity index (χ3n) is 3.06. The summed E-state index contributed by atoms with van der Waals surface area (Å²) in [5, 5.41) is 0.969. The molecular weight excluding hydrogens is 258 g/mol. The van der Waals surface area contributed by atoms with E-state index < -0.39 is 0 Å². The first-order chi connectivity index (χ1) is 9.00. The van der Waals surface area contributed by atoms with E-state index >= 15 is 0 Å². The predicted molar refractivity (Wildman–Crippen MR) is 81.8 cm³/mol. The van der Waals surface area contributed by atoms with Gasteiger partial charge in [-0.25, -0.2) is 0 Å². The first kappa shape index (κ1) is 13.8. The molecule has 0 spiro atoms. The molecule has 0 fully saturated rings. The van der Waals surface area contributed by atoms with Gasteiger partial charge in [-0.05, 0) is 20.2 Å². The third-order valence-corrected chi connectivity index (χ3v) is 4.23. The number of fused-ring (bicyclic) bond motifs is 1. The second kappa shape index (κ2) is 5.59. The second-order valence-electron chi connectivity index (χ2n) is 4.87. The number of benzene rings is 1. The maximum Gasteiger partial charge on any atom is 0.265 e. The Bertz CT molecular complexity index is 591. The summed E-state index contributed by atoms with van der Waals surface area (Å²) in [7, 11) is 5.80. The van der Waals surface area contributed by atoms with Crippen LogP contribution in [0.15, 0.2) is 24.3 Å². The van der Waals surface area contributed by atoms with Crippen LogP contribution in [0.5, 0.6) is 0 Å². The highest BCUT2D eigenvalue weighted by molar-refractivity contribution is 7.21. The number of nitrogens with two attached hydrogens (primary N) is 1. The van der Waals surface area contributed by atoms with E-state index in [4.69, 9.17) is 5.73 Å². The fourth-order valence-corrected chi connectivity index (χ4v) is 2.97. The number of carbonyl (C=O) groups excluding carboxylic acids is 1. The summed E-state index contributed by atoms with van der Waals surface area (Å²) in [6, 6.07) is 7.85. The zero-order valence-corrected chi connectivity index (χ0v) is 12.3. The summed E-state index contributed by atoms with van der Waals surface area (Å²) in [6.07, 6.45) is 0. The molecule has 0 saturated carbocycles. The minimum atomic E-state index is 0.000509. The molecule has 0 saturated heterocycles. The predicted octanol–water partition coefficient (Wildman–Crippen LogP) is 2.12. The van der Waals surface area contributed by atoms with Gasteiger partial charge in [0, 0.05) is 30.2 Å². The van der Waals surface area contributed by atoms with Crippen LogP contribution in [-0.2, 0) is 0 Å². The van der Waals surface area contributed by atoms with E-state index in [2.05, 4.69) is 4.90 Å². The van der Waals surface area contributed by atoms with Crippen molar-refractivity contribution in [1.82, 2.24) is 9.80 Å². The summed E-state index contributed by atoms with van der Waals surface area (Å²) < 4.78 is 1.06. The average molecular weight is 277 g/mol. The summed E-state index contributed by atoms with van der Waals surface area (Å²) in [5.74, 6) is 0.000509. The highest BCUT2D eigenvalue weighted by Gasteiger charge is 2.19. The van der Waals surface area contributed by atoms with Gasteiger partial charge in [0.15, 0.2) is 0 Å². The van der Waals surface area contributed by atoms with E-state index in [1.807, 2.05) is 45.4 Å². The first-order valence-corrected chi connectivity index (χ1v) is 6.99. The molecule has 102 valence electrons. The van der Waals surface area contributed by atoms with Crippen LogP contribution in [0.2, 0.25) is 0 Å². The minimum Gasteiger partial charge on any atom is -0.397 e. The lowest BCUT2D eigenvalue weighted by Gasteiger charge is -2.19. The number of anilines is 1. The topological polar surface area (TPSA) is 49.6 Å². The summed E-state index contributed by atoms with van der Waals surface area (Å²) in [6.45, 7) is 1.53. The Morgan fingerprint density at radius 1 is 1.21 bits per heavy atom. The van der Waals surface area contributed by atoms with Gasteiger partial charge in [0.05, 0.1) is 5.69 Å². The van der Waals surface area contributed by atoms with Crippen LogP contribution in [0, 0.1) is 0 Å². The molecule has 1 heterocycles. The Labute approximate surface area is 117 Å². The van der Waals surface area contributed by atoms with Crippen LogP contribution in [0.1, 0.15) is 9.67 Å². The summed E-state index contributed by atoms with van der Waals surface area (Å²) in [4.78, 5) is 16.8. The van der Waals surface area contributed by atoms with Crippen molar-refractivity contribution in [3.05, 3.63) is 29.1 Å². The van der Waals surface area contributed by atoms with Gasteiger partial charge in [-0.2, -0.15) is 0 Å². The average Bonchev–Trinajstić information content (AvgIpc) is 2.73. The molecule has 1 amide bonds. The first-order valence-electron chi connectivity index (χ1n) is 6.18. The summed E-state index contributed by atoms with van der Waals surface area (Å²) in [5.41, 5.74) is 6.69. The van der Waals surface area contributed by atoms with Crippen molar-refractivity contribution in [2.24, 2.45) is 0 Å². The van der Waals surface area contributed by atoms with Gasteiger partial charge in [-0.3, -0.25) is 4.79 Å². The fourth-order valence-electron chi connectivity index (χ4n) is 1.85. The number of carbonyl (C=O) groups is 1. The lowest BCUT2D eigenvalue weighted by atomic mass is 10.2. The smallest absolute Gasteiger partial charge is 0.265 e. The van der Waals surface area contributed by atoms with Gasteiger partial charge < -0.3 is 15.5 Å². The molecule has 2 aromatic rings. The molecule has 0 aliphatic carbocycles. The van der Waals surface area contributed by atoms with Crippen molar-refractivity contribution < 1.29 is 4.79 Å². The Kier molecular flexibility index (Phi) is 4.07. The Balaban J connectivity index is 2.24. The normalized spacial score (nSPS) is 11.2. The number of hydrogen-bond donors (Lipinski definition) is 1. The van der Waals surface area contributed by atoms with Crippen LogP contribution >= 0.6 is 11.3 Å². The van der Waals surface area contributed by atoms with Crippen molar-refractivity contribution in [1.29, 1.82) is 0 Å². The number of hydrogen-bond acceptors (Lipinski definition) is 4. The molecule has 4 nitrogen and oxygen atoms in total. The molecular formula is C14H19N3OS. The molecule has 0 bridgehead atoms. The monoisotopic (exact) mass is 277 g/mol. The van der Waals surface area contributed by atoms with Gasteiger partial charge in [0.2, 0.25) is 0 Å². The van der Waals surface area contributed by atoms with Crippen molar-refractivity contribution >= 4 is 33.0 Å². The van der Waals surface area contributed by atoms with E-state index in [1.54, 1.807) is 4.90 Å². The molecule has 0 aliphatic heterocycles. The Morgan fingerprint density at radius 2 is 1.89 bits per heavy atom. The van der Waals surface area contributed by atoms with Gasteiger partial charge in [-0.1, -0.05) is 18.2 Å². The maximum atomic E-state index is 12.4. The number of nitrogens with zero attached hydrogens (tertiary/aromatic N) is 2. The molecule has 0 unspecified atom stereocenters. The Morgan fingerprint density at radius 3 is 2.53 bits per heavy atom. The lowest BCUT2D eigenvalue weighted by Crippen LogP contribution is -2.33. The molecule has 5 heteroatoms. The Hall–Kier alpha value is -1.59. The van der Waals surface area contributed by atoms with E-state index in [1.165, 1.54) is 11.3 Å².